The first kappa shape index (κ1) is 30.9. The third-order valence-electron chi connectivity index (χ3n) is 10.7. The minimum atomic E-state index is 0.171. The Kier molecular flexibility index (Phi) is 7.72. The molecule has 0 amide bonds. The highest BCUT2D eigenvalue weighted by molar-refractivity contribution is 5.94. The van der Waals surface area contributed by atoms with E-state index in [-0.39, 0.29) is 10.8 Å². The average Bonchev–Trinajstić information content (AvgIpc) is 3.14. The molecule has 0 fully saturated rings. The van der Waals surface area contributed by atoms with Gasteiger partial charge in [-0.25, -0.2) is 0 Å². The molecule has 1 heteroatoms. The number of hydrogen-bond donors (Lipinski definition) is 0. The first-order valence-corrected chi connectivity index (χ1v) is 17.6. The van der Waals surface area contributed by atoms with E-state index in [1.54, 1.807) is 0 Å². The average molecular weight is 634 g/mol. The van der Waals surface area contributed by atoms with Crippen molar-refractivity contribution in [1.82, 2.24) is 0 Å². The van der Waals surface area contributed by atoms with Crippen LogP contribution in [0.4, 0.5) is 17.1 Å². The number of anilines is 3. The maximum absolute atomic E-state index is 2.49. The van der Waals surface area contributed by atoms with Crippen LogP contribution in [0.5, 0.6) is 0 Å². The van der Waals surface area contributed by atoms with Crippen LogP contribution in [0, 0.1) is 0 Å². The van der Waals surface area contributed by atoms with Crippen LogP contribution in [0.15, 0.2) is 164 Å². The van der Waals surface area contributed by atoms with E-state index in [0.29, 0.717) is 0 Å². The Labute approximate surface area is 291 Å². The topological polar surface area (TPSA) is 3.24 Å². The molecule has 0 atom stereocenters. The van der Waals surface area contributed by atoms with E-state index in [4.69, 9.17) is 0 Å². The molecule has 7 aromatic rings. The molecule has 49 heavy (non-hydrogen) atoms. The lowest BCUT2D eigenvalue weighted by Gasteiger charge is -2.42. The minimum Gasteiger partial charge on any atom is -0.310 e. The molecule has 0 N–H and O–H groups in total. The van der Waals surface area contributed by atoms with Crippen LogP contribution in [0.2, 0.25) is 0 Å². The molecule has 0 aromatic heterocycles. The summed E-state index contributed by atoms with van der Waals surface area (Å²) in [4.78, 5) is 2.40. The van der Waals surface area contributed by atoms with Crippen molar-refractivity contribution < 1.29 is 0 Å². The van der Waals surface area contributed by atoms with E-state index in [1.165, 1.54) is 68.1 Å². The molecule has 0 radical (unpaired) electrons. The van der Waals surface area contributed by atoms with Crippen molar-refractivity contribution in [1.29, 1.82) is 0 Å². The zero-order chi connectivity index (χ0) is 33.6. The lowest BCUT2D eigenvalue weighted by Crippen LogP contribution is -2.33. The van der Waals surface area contributed by atoms with Gasteiger partial charge in [-0.1, -0.05) is 155 Å². The molecule has 0 bridgehead atoms. The first-order valence-electron chi connectivity index (χ1n) is 17.6. The number of nitrogens with zero attached hydrogens (tertiary/aromatic N) is 1. The van der Waals surface area contributed by atoms with Crippen LogP contribution in [0.3, 0.4) is 0 Å². The molecule has 7 aromatic carbocycles. The summed E-state index contributed by atoms with van der Waals surface area (Å²) >= 11 is 0. The summed E-state index contributed by atoms with van der Waals surface area (Å²) in [6.07, 6.45) is 2.43. The number of rotatable bonds is 6. The van der Waals surface area contributed by atoms with Crippen molar-refractivity contribution in [2.45, 2.75) is 51.4 Å². The molecular weight excluding hydrogens is 591 g/mol. The van der Waals surface area contributed by atoms with Gasteiger partial charge in [0.25, 0.3) is 0 Å². The van der Waals surface area contributed by atoms with Crippen LogP contribution < -0.4 is 4.90 Å². The summed E-state index contributed by atoms with van der Waals surface area (Å²) in [5.74, 6) is 0. The smallest absolute Gasteiger partial charge is 0.0540 e. The second-order valence-electron chi connectivity index (χ2n) is 14.9. The molecule has 1 aliphatic carbocycles. The SMILES string of the molecule is CC1(C)CCC(C)(C)c2cc3cc(-c4ccccc4N(c4ccccc4)c4cccc(-c5ccc(-c6ccccc6)cc5)c4)ccc3cc21. The van der Waals surface area contributed by atoms with Crippen molar-refractivity contribution in [3.05, 3.63) is 175 Å². The van der Waals surface area contributed by atoms with Gasteiger partial charge >= 0.3 is 0 Å². The number of benzene rings is 7. The Morgan fingerprint density at radius 1 is 0.388 bits per heavy atom. The molecule has 240 valence electrons. The monoisotopic (exact) mass is 633 g/mol. The zero-order valence-corrected chi connectivity index (χ0v) is 28.9. The van der Waals surface area contributed by atoms with Gasteiger partial charge in [0.05, 0.1) is 5.69 Å². The fraction of sp³-hybridized carbons (Fsp3) is 0.167. The highest BCUT2D eigenvalue weighted by Gasteiger charge is 2.37. The number of fused-ring (bicyclic) bond motifs is 2. The van der Waals surface area contributed by atoms with Gasteiger partial charge in [0.15, 0.2) is 0 Å². The number of hydrogen-bond acceptors (Lipinski definition) is 1. The molecule has 0 saturated heterocycles. The fourth-order valence-corrected chi connectivity index (χ4v) is 7.71. The zero-order valence-electron chi connectivity index (χ0n) is 28.9. The van der Waals surface area contributed by atoms with E-state index >= 15 is 0 Å². The van der Waals surface area contributed by atoms with Gasteiger partial charge in [0, 0.05) is 16.9 Å². The maximum Gasteiger partial charge on any atom is 0.0540 e. The van der Waals surface area contributed by atoms with Gasteiger partial charge in [-0.2, -0.15) is 0 Å². The van der Waals surface area contributed by atoms with E-state index < -0.39 is 0 Å². The van der Waals surface area contributed by atoms with Crippen LogP contribution in [-0.2, 0) is 10.8 Å². The lowest BCUT2D eigenvalue weighted by atomic mass is 9.63. The van der Waals surface area contributed by atoms with Gasteiger partial charge in [0.1, 0.15) is 0 Å². The molecular formula is C48H43N. The lowest BCUT2D eigenvalue weighted by molar-refractivity contribution is 0.332. The maximum atomic E-state index is 2.49. The molecule has 1 aliphatic rings. The van der Waals surface area contributed by atoms with Crippen molar-refractivity contribution in [2.75, 3.05) is 4.90 Å². The Hall–Kier alpha value is -5.40. The minimum absolute atomic E-state index is 0.171. The quantitative estimate of drug-likeness (QED) is 0.176. The second-order valence-corrected chi connectivity index (χ2v) is 14.9. The molecule has 1 nitrogen and oxygen atoms in total. The Bertz CT molecular complexity index is 2260. The van der Waals surface area contributed by atoms with Gasteiger partial charge < -0.3 is 4.90 Å². The summed E-state index contributed by atoms with van der Waals surface area (Å²) in [6, 6.07) is 60.0. The van der Waals surface area contributed by atoms with Gasteiger partial charge in [-0.3, -0.25) is 0 Å². The normalized spacial score (nSPS) is 14.7. The summed E-state index contributed by atoms with van der Waals surface area (Å²) in [5.41, 5.74) is 14.1. The highest BCUT2D eigenvalue weighted by atomic mass is 15.1. The van der Waals surface area contributed by atoms with E-state index in [1.807, 2.05) is 0 Å². The second kappa shape index (κ2) is 12.2. The highest BCUT2D eigenvalue weighted by Crippen LogP contribution is 2.48. The third-order valence-corrected chi connectivity index (χ3v) is 10.7. The predicted molar refractivity (Wildman–Crippen MR) is 210 cm³/mol. The van der Waals surface area contributed by atoms with Gasteiger partial charge in [0.2, 0.25) is 0 Å². The van der Waals surface area contributed by atoms with Gasteiger partial charge in [-0.15, -0.1) is 0 Å². The van der Waals surface area contributed by atoms with Crippen LogP contribution in [0.25, 0.3) is 44.2 Å². The number of para-hydroxylation sites is 2. The van der Waals surface area contributed by atoms with E-state index in [2.05, 4.69) is 196 Å². The van der Waals surface area contributed by atoms with Crippen molar-refractivity contribution in [2.24, 2.45) is 0 Å². The molecule has 8 rings (SSSR count). The standard InChI is InChI=1S/C48H43N/c1-47(2)28-29-48(3,4)45-33-40-30-39(27-26-38(40)32-44(45)47)43-20-11-12-21-46(43)49(41-17-9-6-10-18-41)42-19-13-16-37(31-42)36-24-22-35(23-25-36)34-14-7-5-8-15-34/h5-27,30-33H,28-29H2,1-4H3. The summed E-state index contributed by atoms with van der Waals surface area (Å²) in [7, 11) is 0. The Morgan fingerprint density at radius 2 is 0.898 bits per heavy atom. The first-order chi connectivity index (χ1) is 23.8. The van der Waals surface area contributed by atoms with Crippen LogP contribution in [0.1, 0.15) is 51.7 Å². The van der Waals surface area contributed by atoms with E-state index in [9.17, 15) is 0 Å². The van der Waals surface area contributed by atoms with Crippen molar-refractivity contribution in [3.8, 4) is 33.4 Å². The summed E-state index contributed by atoms with van der Waals surface area (Å²) < 4.78 is 0. The summed E-state index contributed by atoms with van der Waals surface area (Å²) in [5, 5.41) is 2.63. The molecule has 0 unspecified atom stereocenters. The molecule has 0 heterocycles. The summed E-state index contributed by atoms with van der Waals surface area (Å²) in [6.45, 7) is 9.64. The Morgan fingerprint density at radius 3 is 1.59 bits per heavy atom. The molecule has 0 aliphatic heterocycles. The molecule has 0 spiro atoms. The largest absolute Gasteiger partial charge is 0.310 e. The van der Waals surface area contributed by atoms with Crippen molar-refractivity contribution >= 4 is 27.8 Å². The van der Waals surface area contributed by atoms with Crippen molar-refractivity contribution in [3.63, 3.8) is 0 Å². The van der Waals surface area contributed by atoms with E-state index in [0.717, 1.165) is 17.1 Å². The van der Waals surface area contributed by atoms with Crippen LogP contribution >= 0.6 is 0 Å². The van der Waals surface area contributed by atoms with Crippen LogP contribution in [-0.4, -0.2) is 0 Å². The van der Waals surface area contributed by atoms with Gasteiger partial charge in [-0.05, 0) is 110 Å². The fourth-order valence-electron chi connectivity index (χ4n) is 7.71. The molecule has 0 saturated carbocycles. The predicted octanol–water partition coefficient (Wildman–Crippen LogP) is 13.7. The Balaban J connectivity index is 1.23. The third kappa shape index (κ3) is 5.85.